The van der Waals surface area contributed by atoms with Gasteiger partial charge in [-0.1, -0.05) is 61.7 Å². The summed E-state index contributed by atoms with van der Waals surface area (Å²) in [6.07, 6.45) is 6.67. The Kier molecular flexibility index (Phi) is 4.76. The number of fused-ring (bicyclic) bond motifs is 4. The molecule has 7 nitrogen and oxygen atoms in total. The highest BCUT2D eigenvalue weighted by atomic mass is 16.2. The second-order valence-corrected chi connectivity index (χ2v) is 8.86. The van der Waals surface area contributed by atoms with Crippen LogP contribution in [0.15, 0.2) is 118 Å². The predicted molar refractivity (Wildman–Crippen MR) is 135 cm³/mol. The van der Waals surface area contributed by atoms with Crippen molar-refractivity contribution in [3.8, 4) is 0 Å². The Labute approximate surface area is 206 Å². The lowest BCUT2D eigenvalue weighted by Gasteiger charge is -2.30. The number of nitrogens with zero attached hydrogens (tertiary/aromatic N) is 2. The van der Waals surface area contributed by atoms with Crippen molar-refractivity contribution in [2.75, 3.05) is 0 Å². The summed E-state index contributed by atoms with van der Waals surface area (Å²) < 4.78 is 0. The van der Waals surface area contributed by atoms with E-state index in [1.54, 1.807) is 24.3 Å². The van der Waals surface area contributed by atoms with E-state index in [4.69, 9.17) is 0 Å². The molecular weight excluding hydrogens is 452 g/mol. The topological polar surface area (TPSA) is 100.0 Å². The Morgan fingerprint density at radius 1 is 0.694 bits per heavy atom. The van der Waals surface area contributed by atoms with E-state index in [-0.39, 0.29) is 11.8 Å². The molecule has 2 amide bonds. The van der Waals surface area contributed by atoms with Crippen LogP contribution < -0.4 is 10.6 Å². The molecule has 0 radical (unpaired) electrons. The molecule has 0 aliphatic heterocycles. The fraction of sp³-hybridized carbons (Fsp3) is 0.0690. The lowest BCUT2D eigenvalue weighted by atomic mass is 9.83. The predicted octanol–water partition coefficient (Wildman–Crippen LogP) is 4.88. The van der Waals surface area contributed by atoms with Gasteiger partial charge in [0.05, 0.1) is 23.2 Å². The van der Waals surface area contributed by atoms with E-state index in [9.17, 15) is 14.4 Å². The van der Waals surface area contributed by atoms with Gasteiger partial charge in [0.15, 0.2) is 0 Å². The van der Waals surface area contributed by atoms with Crippen LogP contribution in [-0.2, 0) is 9.59 Å². The molecule has 0 saturated heterocycles. The molecule has 8 rings (SSSR count). The van der Waals surface area contributed by atoms with E-state index < -0.39 is 6.03 Å². The van der Waals surface area contributed by atoms with Gasteiger partial charge in [0.2, 0.25) is 12.2 Å². The van der Waals surface area contributed by atoms with Gasteiger partial charge in [-0.3, -0.25) is 0 Å². The molecule has 0 heterocycles. The Balaban J connectivity index is 1.40. The van der Waals surface area contributed by atoms with E-state index >= 15 is 0 Å². The van der Waals surface area contributed by atoms with Crippen LogP contribution in [0.4, 0.5) is 4.79 Å². The number of nitrogens with one attached hydrogen (secondary N) is 2. The average molecular weight is 470 g/mol. The number of carbonyl (C=O) groups excluding carboxylic acids is 3. The zero-order chi connectivity index (χ0) is 25.0. The van der Waals surface area contributed by atoms with Crippen molar-refractivity contribution >= 4 is 29.3 Å². The highest BCUT2D eigenvalue weighted by Crippen LogP contribution is 2.47. The summed E-state index contributed by atoms with van der Waals surface area (Å²) in [6.45, 7) is 8.30. The van der Waals surface area contributed by atoms with Gasteiger partial charge >= 0.3 is 6.03 Å². The minimum Gasteiger partial charge on any atom is -0.310 e. The number of amides is 2. The lowest BCUT2D eigenvalue weighted by molar-refractivity contribution is 0.245. The molecule has 6 aliphatic carbocycles. The summed E-state index contributed by atoms with van der Waals surface area (Å²) in [5, 5.41) is 6.09. The average Bonchev–Trinajstić information content (AvgIpc) is 3.15. The number of rotatable bonds is 4. The maximum absolute atomic E-state index is 13.5. The Morgan fingerprint density at radius 3 is 1.44 bits per heavy atom. The second-order valence-electron chi connectivity index (χ2n) is 8.86. The second kappa shape index (κ2) is 8.00. The molecular formula is C29H18N4O3. The molecule has 2 N–H and O–H groups in total. The van der Waals surface area contributed by atoms with Gasteiger partial charge < -0.3 is 10.6 Å². The lowest BCUT2D eigenvalue weighted by Crippen LogP contribution is -2.39. The molecule has 0 aromatic heterocycles. The minimum atomic E-state index is -0.429. The van der Waals surface area contributed by atoms with Crippen LogP contribution in [0.5, 0.6) is 0 Å². The third kappa shape index (κ3) is 3.12. The third-order valence-electron chi connectivity index (χ3n) is 7.01. The van der Waals surface area contributed by atoms with Crippen LogP contribution in [0.25, 0.3) is 11.1 Å². The summed E-state index contributed by atoms with van der Waals surface area (Å²) in [5.74, 6) is -0.735. The molecule has 6 aliphatic rings. The van der Waals surface area contributed by atoms with E-state index in [2.05, 4.69) is 33.8 Å². The van der Waals surface area contributed by atoms with Gasteiger partial charge in [0.25, 0.3) is 0 Å². The molecule has 172 valence electrons. The monoisotopic (exact) mass is 470 g/mol. The maximum atomic E-state index is 13.5. The zero-order valence-corrected chi connectivity index (χ0v) is 19.0. The maximum Gasteiger partial charge on any atom is 0.323 e. The third-order valence-corrected chi connectivity index (χ3v) is 7.01. The summed E-state index contributed by atoms with van der Waals surface area (Å²) in [4.78, 5) is 43.1. The van der Waals surface area contributed by atoms with Gasteiger partial charge in [-0.05, 0) is 45.6 Å². The number of hydrogen-bond acceptors (Lipinski definition) is 5. The standard InChI is InChI=1S/C29H18N4O3/c1-15-23(30-13-34)11-21-17-3-7-19(8-4-17)25(15)27(21)32-29(36)33-28-22-12-24(31-14-35)16(2)26(28)20-9-5-18(22)6-10-20/h3-12,25-26H,1-2H2,(H2,32,33,36)/t25-,26+. The molecule has 36 heavy (non-hydrogen) atoms. The first-order valence-corrected chi connectivity index (χ1v) is 11.2. The van der Waals surface area contributed by atoms with Crippen LogP contribution >= 0.6 is 0 Å². The van der Waals surface area contributed by atoms with Crippen LogP contribution in [0, 0.1) is 0 Å². The molecule has 0 spiro atoms. The van der Waals surface area contributed by atoms with Crippen molar-refractivity contribution in [2.24, 2.45) is 9.98 Å². The fourth-order valence-electron chi connectivity index (χ4n) is 5.35. The van der Waals surface area contributed by atoms with Gasteiger partial charge in [0.1, 0.15) is 0 Å². The zero-order valence-electron chi connectivity index (χ0n) is 19.0. The van der Waals surface area contributed by atoms with Crippen LogP contribution in [0.2, 0.25) is 0 Å². The number of urea groups is 1. The number of benzene rings is 2. The van der Waals surface area contributed by atoms with Crippen molar-refractivity contribution in [1.82, 2.24) is 10.6 Å². The summed E-state index contributed by atoms with van der Waals surface area (Å²) in [7, 11) is 0. The van der Waals surface area contributed by atoms with Crippen molar-refractivity contribution in [3.63, 3.8) is 0 Å². The first kappa shape index (κ1) is 21.4. The Morgan fingerprint density at radius 2 is 1.08 bits per heavy atom. The molecule has 2 aromatic carbocycles. The van der Waals surface area contributed by atoms with Gasteiger partial charge in [-0.2, -0.15) is 9.98 Å². The smallest absolute Gasteiger partial charge is 0.310 e. The van der Waals surface area contributed by atoms with E-state index in [0.29, 0.717) is 33.9 Å². The number of isocyanates is 2. The SMILES string of the molecule is C=C1C(N=C=O)=CC2=C(NC(=O)NC3=C4C=C(N=C=O)C(=C)[C@@H]3c3ccc4cc3)[C@@H]1c1ccc2cc1. The first-order chi connectivity index (χ1) is 17.5. The Bertz CT molecular complexity index is 1500. The highest BCUT2D eigenvalue weighted by molar-refractivity contribution is 5.92. The van der Waals surface area contributed by atoms with Crippen LogP contribution in [0.3, 0.4) is 0 Å². The summed E-state index contributed by atoms with van der Waals surface area (Å²) in [5.41, 5.74) is 8.55. The molecule has 0 fully saturated rings. The largest absolute Gasteiger partial charge is 0.323 e. The van der Waals surface area contributed by atoms with E-state index in [1.165, 1.54) is 0 Å². The molecule has 0 saturated carbocycles. The normalized spacial score (nSPS) is 20.6. The number of aliphatic imine (C=N–C) groups is 2. The molecule has 2 aromatic rings. The minimum absolute atomic E-state index is 0.367. The molecule has 0 unspecified atom stereocenters. The van der Waals surface area contributed by atoms with Crippen LogP contribution in [0.1, 0.15) is 34.1 Å². The van der Waals surface area contributed by atoms with Crippen molar-refractivity contribution in [2.45, 2.75) is 11.8 Å². The van der Waals surface area contributed by atoms with E-state index in [0.717, 1.165) is 33.4 Å². The van der Waals surface area contributed by atoms with Crippen molar-refractivity contribution in [3.05, 3.63) is 130 Å². The summed E-state index contributed by atoms with van der Waals surface area (Å²) in [6, 6.07) is 15.3. The van der Waals surface area contributed by atoms with Crippen LogP contribution in [-0.4, -0.2) is 18.2 Å². The number of hydrogen-bond donors (Lipinski definition) is 2. The quantitative estimate of drug-likeness (QED) is 0.492. The summed E-state index contributed by atoms with van der Waals surface area (Å²) >= 11 is 0. The fourth-order valence-corrected chi connectivity index (χ4v) is 5.35. The molecule has 2 atom stereocenters. The number of allylic oxidation sites excluding steroid dienone is 8. The van der Waals surface area contributed by atoms with Gasteiger partial charge in [-0.25, -0.2) is 14.4 Å². The van der Waals surface area contributed by atoms with E-state index in [1.807, 2.05) is 48.5 Å². The molecule has 8 bridgehead atoms. The van der Waals surface area contributed by atoms with Gasteiger partial charge in [0, 0.05) is 22.5 Å². The molecule has 7 heteroatoms. The van der Waals surface area contributed by atoms with Crippen molar-refractivity contribution < 1.29 is 14.4 Å². The van der Waals surface area contributed by atoms with Gasteiger partial charge in [-0.15, -0.1) is 0 Å². The number of carbonyl (C=O) groups is 1. The Hall–Kier alpha value is -5.09. The van der Waals surface area contributed by atoms with Crippen molar-refractivity contribution in [1.29, 1.82) is 0 Å². The highest BCUT2D eigenvalue weighted by Gasteiger charge is 2.36. The first-order valence-electron chi connectivity index (χ1n) is 11.2.